The van der Waals surface area contributed by atoms with Crippen molar-refractivity contribution < 1.29 is 17.8 Å². The highest BCUT2D eigenvalue weighted by Gasteiger charge is 2.35. The first-order chi connectivity index (χ1) is 33.7. The molecule has 0 radical (unpaired) electrons. The van der Waals surface area contributed by atoms with Crippen molar-refractivity contribution in [2.75, 3.05) is 4.90 Å². The first-order valence-corrected chi connectivity index (χ1v) is 18.8. The normalized spacial score (nSPS) is 18.0. The van der Waals surface area contributed by atoms with Crippen molar-refractivity contribution >= 4 is 55.0 Å². The molecule has 10 aromatic rings. The van der Waals surface area contributed by atoms with Gasteiger partial charge in [0.05, 0.1) is 51.3 Å². The van der Waals surface area contributed by atoms with Gasteiger partial charge in [-0.1, -0.05) is 145 Å². The second kappa shape index (κ2) is 12.6. The molecular formula is C54H37N3. The van der Waals surface area contributed by atoms with Crippen LogP contribution in [0.3, 0.4) is 0 Å². The molecule has 0 N–H and O–H groups in total. The fraction of sp³-hybridized carbons (Fsp3) is 0.0370. The summed E-state index contributed by atoms with van der Waals surface area (Å²) in [6, 6.07) is 28.6. The highest BCUT2D eigenvalue weighted by molar-refractivity contribution is 6.15. The van der Waals surface area contributed by atoms with Gasteiger partial charge in [-0.25, -0.2) is 0 Å². The van der Waals surface area contributed by atoms with Gasteiger partial charge in [0.15, 0.2) is 0 Å². The second-order valence-corrected chi connectivity index (χ2v) is 14.3. The third kappa shape index (κ3) is 4.85. The molecule has 1 aliphatic carbocycles. The van der Waals surface area contributed by atoms with Crippen molar-refractivity contribution in [2.45, 2.75) is 12.3 Å². The second-order valence-electron chi connectivity index (χ2n) is 14.3. The van der Waals surface area contributed by atoms with Crippen LogP contribution in [0.15, 0.2) is 212 Å². The van der Waals surface area contributed by atoms with Crippen molar-refractivity contribution in [2.24, 2.45) is 0 Å². The Balaban J connectivity index is 1.12. The number of rotatable bonds is 5. The average molecular weight is 741 g/mol. The summed E-state index contributed by atoms with van der Waals surface area (Å²) in [5, 5.41) is 4.30. The summed E-state index contributed by atoms with van der Waals surface area (Å²) >= 11 is 0. The van der Waals surface area contributed by atoms with E-state index < -0.39 is 101 Å². The molecular weight excluding hydrogens is 691 g/mol. The number of para-hydroxylation sites is 4. The third-order valence-corrected chi connectivity index (χ3v) is 11.2. The van der Waals surface area contributed by atoms with Crippen molar-refractivity contribution in [3.05, 3.63) is 217 Å². The fourth-order valence-electron chi connectivity index (χ4n) is 8.85. The molecule has 1 unspecified atom stereocenters. The van der Waals surface area contributed by atoms with Gasteiger partial charge in [-0.3, -0.25) is 0 Å². The van der Waals surface area contributed by atoms with E-state index in [4.69, 9.17) is 11.0 Å². The molecule has 1 atom stereocenters. The van der Waals surface area contributed by atoms with Gasteiger partial charge in [0.2, 0.25) is 0 Å². The molecule has 8 aromatic carbocycles. The van der Waals surface area contributed by atoms with Gasteiger partial charge in [-0.05, 0) is 94.8 Å². The van der Waals surface area contributed by atoms with Crippen LogP contribution in [-0.4, -0.2) is 9.13 Å². The Bertz CT molecular complexity index is 3970. The van der Waals surface area contributed by atoms with Gasteiger partial charge >= 0.3 is 0 Å². The summed E-state index contributed by atoms with van der Waals surface area (Å²) in [6.45, 7) is 0. The molecule has 0 fully saturated rings. The van der Waals surface area contributed by atoms with Gasteiger partial charge in [0, 0.05) is 44.5 Å². The highest BCUT2D eigenvalue weighted by Crippen LogP contribution is 2.52. The van der Waals surface area contributed by atoms with E-state index in [1.54, 1.807) is 4.90 Å². The van der Waals surface area contributed by atoms with Crippen LogP contribution in [-0.2, 0) is 0 Å². The van der Waals surface area contributed by atoms with E-state index >= 15 is 0 Å². The fourth-order valence-corrected chi connectivity index (χ4v) is 8.85. The van der Waals surface area contributed by atoms with Crippen LogP contribution in [0.1, 0.15) is 35.7 Å². The van der Waals surface area contributed by atoms with Gasteiger partial charge < -0.3 is 14.0 Å². The maximum Gasteiger partial charge on any atom is 0.0782 e. The Hall–Kier alpha value is -7.36. The van der Waals surface area contributed by atoms with E-state index in [0.29, 0.717) is 17.8 Å². The Morgan fingerprint density at radius 2 is 1.11 bits per heavy atom. The molecule has 3 heterocycles. The minimum Gasteiger partial charge on any atom is -0.313 e. The number of aromatic nitrogens is 2. The summed E-state index contributed by atoms with van der Waals surface area (Å²) in [5.41, 5.74) is 5.79. The minimum absolute atomic E-state index is 0.101. The van der Waals surface area contributed by atoms with Crippen LogP contribution in [0.4, 0.5) is 11.4 Å². The Labute approximate surface area is 349 Å². The topological polar surface area (TPSA) is 13.1 Å². The van der Waals surface area contributed by atoms with E-state index in [2.05, 4.69) is 75.9 Å². The van der Waals surface area contributed by atoms with Gasteiger partial charge in [-0.2, -0.15) is 0 Å². The average Bonchev–Trinajstić information content (AvgIpc) is 4.01. The summed E-state index contributed by atoms with van der Waals surface area (Å²) in [4.78, 5) is 1.75. The maximum absolute atomic E-state index is 9.95. The van der Waals surface area contributed by atoms with Crippen LogP contribution >= 0.6 is 0 Å². The highest BCUT2D eigenvalue weighted by atomic mass is 15.2. The summed E-state index contributed by atoms with van der Waals surface area (Å²) in [7, 11) is 0. The van der Waals surface area contributed by atoms with Gasteiger partial charge in [0.25, 0.3) is 0 Å². The van der Waals surface area contributed by atoms with Crippen LogP contribution in [0.2, 0.25) is 0 Å². The summed E-state index contributed by atoms with van der Waals surface area (Å²) < 4.78 is 121. The molecule has 3 nitrogen and oxygen atoms in total. The molecule has 0 spiro atoms. The number of hydrogen-bond donors (Lipinski definition) is 0. The Morgan fingerprint density at radius 1 is 0.491 bits per heavy atom. The largest absolute Gasteiger partial charge is 0.313 e. The quantitative estimate of drug-likeness (QED) is 0.171. The van der Waals surface area contributed by atoms with Crippen molar-refractivity contribution in [1.29, 1.82) is 0 Å². The first-order valence-electron chi connectivity index (χ1n) is 25.3. The minimum atomic E-state index is -0.766. The lowest BCUT2D eigenvalue weighted by Gasteiger charge is -2.25. The number of hydrogen-bond acceptors (Lipinski definition) is 1. The Morgan fingerprint density at radius 3 is 1.86 bits per heavy atom. The van der Waals surface area contributed by atoms with E-state index in [0.717, 1.165) is 60.5 Å². The van der Waals surface area contributed by atoms with E-state index in [-0.39, 0.29) is 11.6 Å². The lowest BCUT2D eigenvalue weighted by molar-refractivity contribution is 0.819. The van der Waals surface area contributed by atoms with Crippen LogP contribution in [0.25, 0.3) is 77.2 Å². The molecule has 0 saturated heterocycles. The predicted octanol–water partition coefficient (Wildman–Crippen LogP) is 14.3. The number of allylic oxidation sites excluding steroid dienone is 4. The lowest BCUT2D eigenvalue weighted by atomic mass is 9.92. The molecule has 57 heavy (non-hydrogen) atoms. The molecule has 268 valence electrons. The molecule has 0 amide bonds. The van der Waals surface area contributed by atoms with Crippen LogP contribution in [0, 0.1) is 0 Å². The van der Waals surface area contributed by atoms with Crippen molar-refractivity contribution in [1.82, 2.24) is 9.13 Å². The zero-order valence-corrected chi connectivity index (χ0v) is 30.3. The zero-order valence-electron chi connectivity index (χ0n) is 43.3. The first kappa shape index (κ1) is 21.7. The molecule has 1 aliphatic heterocycles. The van der Waals surface area contributed by atoms with E-state index in [1.165, 1.54) is 0 Å². The molecule has 2 aromatic heterocycles. The maximum atomic E-state index is 9.95. The number of anilines is 2. The molecule has 12 rings (SSSR count). The summed E-state index contributed by atoms with van der Waals surface area (Å²) in [6.07, 6.45) is 6.41. The number of benzene rings is 8. The lowest BCUT2D eigenvalue weighted by Crippen LogP contribution is -2.14. The smallest absolute Gasteiger partial charge is 0.0782 e. The van der Waals surface area contributed by atoms with Crippen LogP contribution in [0.5, 0.6) is 0 Å². The monoisotopic (exact) mass is 740 g/mol. The molecule has 3 heteroatoms. The number of nitrogens with zero attached hydrogens (tertiary/aromatic N) is 3. The standard InChI is InChI=1S/C54H37N3/c1-2-15-36(16-3-1)37-17-12-18-38(33-37)39-19-13-20-40(34-39)55-48-26-8-4-23-44(48)46-32-31-41(35-53(46)55)56-49-27-9-7-24-45(49)47-25-14-30-52(54(47)56)57-50-28-10-5-21-42(50)43-22-6-11-29-51(43)57/h1-22,24-35,44H,23H2/i1D,2D,3D,12D,13D,15D,16D,17D,18D,19D,20D,33D,34D. The number of fused-ring (bicyclic) bond motifs is 9. The third-order valence-electron chi connectivity index (χ3n) is 11.2. The van der Waals surface area contributed by atoms with Gasteiger partial charge in [-0.15, -0.1) is 0 Å². The Kier molecular flexibility index (Phi) is 4.78. The molecule has 0 bridgehead atoms. The van der Waals surface area contributed by atoms with Crippen molar-refractivity contribution in [3.63, 3.8) is 0 Å². The molecule has 2 aliphatic rings. The summed E-state index contributed by atoms with van der Waals surface area (Å²) in [5.74, 6) is -0.232. The van der Waals surface area contributed by atoms with Crippen molar-refractivity contribution in [3.8, 4) is 33.6 Å². The van der Waals surface area contributed by atoms with Crippen LogP contribution < -0.4 is 4.90 Å². The van der Waals surface area contributed by atoms with Gasteiger partial charge in [0.1, 0.15) is 0 Å². The SMILES string of the molecule is [2H]c1c([2H])c([2H])c(-c2c([2H])c([2H])c([2H])c(-c3c([2H])c([2H])c([2H])c(N4C5=CC=CCC5c5ccc(-n6c7ccccc7c7cccc(-n8c9ccccc9c9ccccc98)c76)cc54)c3[2H])c2[2H])c([2H])c1[2H]. The molecule has 0 saturated carbocycles. The zero-order chi connectivity index (χ0) is 48.8. The predicted molar refractivity (Wildman–Crippen MR) is 239 cm³/mol. The van der Waals surface area contributed by atoms with E-state index in [9.17, 15) is 6.85 Å². The van der Waals surface area contributed by atoms with E-state index in [1.807, 2.05) is 60.7 Å².